The maximum atomic E-state index is 12.8. The fourth-order valence-electron chi connectivity index (χ4n) is 5.01. The van der Waals surface area contributed by atoms with E-state index in [1.807, 2.05) is 37.3 Å². The van der Waals surface area contributed by atoms with Crippen LogP contribution in [-0.2, 0) is 13.1 Å². The Morgan fingerprint density at radius 1 is 0.944 bits per heavy atom. The SMILES string of the molecule is Cc1ccc(NC(=O)c2ccc(CN3CCn4cccc4C3c3ccc4c(c3)OCCO4)o2)cc1C. The van der Waals surface area contributed by atoms with Crippen LogP contribution in [0.2, 0.25) is 0 Å². The molecule has 0 saturated heterocycles. The minimum absolute atomic E-state index is 0.0301. The van der Waals surface area contributed by atoms with Gasteiger partial charge in [0, 0.05) is 30.7 Å². The lowest BCUT2D eigenvalue weighted by molar-refractivity contribution is 0.0989. The van der Waals surface area contributed by atoms with Crippen LogP contribution in [0.1, 0.15) is 44.7 Å². The summed E-state index contributed by atoms with van der Waals surface area (Å²) in [5, 5.41) is 2.94. The Balaban J connectivity index is 1.23. The van der Waals surface area contributed by atoms with Gasteiger partial charge in [-0.1, -0.05) is 12.1 Å². The standard InChI is InChI=1S/C29H29N3O4/c1-19-5-7-22(16-20(19)2)30-29(33)26-10-8-23(36-26)18-32-13-12-31-11-3-4-24(31)28(32)21-6-9-25-27(17-21)35-15-14-34-25/h3-11,16-17,28H,12-15,18H2,1-2H3,(H,30,33). The van der Waals surface area contributed by atoms with Crippen LogP contribution in [0.15, 0.2) is 71.3 Å². The molecule has 2 aromatic heterocycles. The van der Waals surface area contributed by atoms with E-state index in [-0.39, 0.29) is 11.9 Å². The number of hydrogen-bond acceptors (Lipinski definition) is 5. The largest absolute Gasteiger partial charge is 0.486 e. The zero-order valence-electron chi connectivity index (χ0n) is 20.5. The summed E-state index contributed by atoms with van der Waals surface area (Å²) in [5.74, 6) is 2.38. The lowest BCUT2D eigenvalue weighted by Gasteiger charge is -2.37. The minimum atomic E-state index is -0.250. The summed E-state index contributed by atoms with van der Waals surface area (Å²) >= 11 is 0. The highest BCUT2D eigenvalue weighted by atomic mass is 16.6. The minimum Gasteiger partial charge on any atom is -0.486 e. The first kappa shape index (κ1) is 22.5. The van der Waals surface area contributed by atoms with Gasteiger partial charge < -0.3 is 23.8 Å². The van der Waals surface area contributed by atoms with E-state index in [2.05, 4.69) is 52.2 Å². The molecule has 36 heavy (non-hydrogen) atoms. The highest BCUT2D eigenvalue weighted by Gasteiger charge is 2.30. The summed E-state index contributed by atoms with van der Waals surface area (Å²) in [6.07, 6.45) is 2.12. The Morgan fingerprint density at radius 2 is 1.81 bits per heavy atom. The topological polar surface area (TPSA) is 68.9 Å². The van der Waals surface area contributed by atoms with Crippen LogP contribution in [0.25, 0.3) is 0 Å². The third kappa shape index (κ3) is 4.27. The molecule has 0 radical (unpaired) electrons. The molecule has 7 heteroatoms. The van der Waals surface area contributed by atoms with Crippen molar-refractivity contribution in [3.05, 3.63) is 101 Å². The number of rotatable bonds is 5. The van der Waals surface area contributed by atoms with Crippen molar-refractivity contribution in [3.63, 3.8) is 0 Å². The summed E-state index contributed by atoms with van der Waals surface area (Å²) in [4.78, 5) is 15.2. The molecular weight excluding hydrogens is 454 g/mol. The van der Waals surface area contributed by atoms with Gasteiger partial charge in [0.05, 0.1) is 12.6 Å². The average molecular weight is 484 g/mol. The number of aromatic nitrogens is 1. The zero-order chi connectivity index (χ0) is 24.6. The van der Waals surface area contributed by atoms with E-state index in [0.717, 1.165) is 47.2 Å². The summed E-state index contributed by atoms with van der Waals surface area (Å²) in [7, 11) is 0. The molecule has 1 unspecified atom stereocenters. The number of carbonyl (C=O) groups excluding carboxylic acids is 1. The van der Waals surface area contributed by atoms with Gasteiger partial charge in [-0.05, 0) is 79.1 Å². The number of carbonyl (C=O) groups is 1. The van der Waals surface area contributed by atoms with Crippen LogP contribution < -0.4 is 14.8 Å². The van der Waals surface area contributed by atoms with Crippen LogP contribution >= 0.6 is 0 Å². The van der Waals surface area contributed by atoms with Crippen molar-refractivity contribution in [2.45, 2.75) is 33.0 Å². The highest BCUT2D eigenvalue weighted by molar-refractivity contribution is 6.02. The summed E-state index contributed by atoms with van der Waals surface area (Å²) < 4.78 is 19.9. The van der Waals surface area contributed by atoms with Gasteiger partial charge in [-0.2, -0.15) is 0 Å². The van der Waals surface area contributed by atoms with E-state index in [1.54, 1.807) is 6.07 Å². The molecule has 4 heterocycles. The molecule has 1 amide bonds. The quantitative estimate of drug-likeness (QED) is 0.416. The van der Waals surface area contributed by atoms with E-state index in [4.69, 9.17) is 13.9 Å². The molecule has 2 aliphatic rings. The zero-order valence-corrected chi connectivity index (χ0v) is 20.5. The van der Waals surface area contributed by atoms with Crippen molar-refractivity contribution in [3.8, 4) is 11.5 Å². The average Bonchev–Trinajstić information content (AvgIpc) is 3.56. The Kier molecular flexibility index (Phi) is 5.77. The smallest absolute Gasteiger partial charge is 0.291 e. The molecule has 0 fully saturated rings. The molecule has 7 nitrogen and oxygen atoms in total. The van der Waals surface area contributed by atoms with Gasteiger partial charge in [0.15, 0.2) is 17.3 Å². The molecule has 0 spiro atoms. The number of fused-ring (bicyclic) bond motifs is 2. The number of nitrogens with one attached hydrogen (secondary N) is 1. The fraction of sp³-hybridized carbons (Fsp3) is 0.276. The normalized spacial score (nSPS) is 17.0. The molecule has 1 atom stereocenters. The van der Waals surface area contributed by atoms with Crippen LogP contribution in [0, 0.1) is 13.8 Å². The lowest BCUT2D eigenvalue weighted by atomic mass is 9.99. The van der Waals surface area contributed by atoms with Crippen molar-refractivity contribution in [1.82, 2.24) is 9.47 Å². The summed E-state index contributed by atoms with van der Waals surface area (Å²) in [5.41, 5.74) is 5.44. The third-order valence-corrected chi connectivity index (χ3v) is 7.03. The van der Waals surface area contributed by atoms with Gasteiger partial charge in [-0.3, -0.25) is 9.69 Å². The number of benzene rings is 2. The molecule has 0 bridgehead atoms. The van der Waals surface area contributed by atoms with Gasteiger partial charge in [-0.15, -0.1) is 0 Å². The first-order chi connectivity index (χ1) is 17.5. The van der Waals surface area contributed by atoms with E-state index in [9.17, 15) is 4.79 Å². The van der Waals surface area contributed by atoms with Crippen LogP contribution in [0.4, 0.5) is 5.69 Å². The monoisotopic (exact) mass is 483 g/mol. The highest BCUT2D eigenvalue weighted by Crippen LogP contribution is 2.39. The molecule has 1 N–H and O–H groups in total. The Morgan fingerprint density at radius 3 is 2.67 bits per heavy atom. The van der Waals surface area contributed by atoms with Crippen LogP contribution in [0.3, 0.4) is 0 Å². The van der Waals surface area contributed by atoms with Crippen LogP contribution in [0.5, 0.6) is 11.5 Å². The Hall–Kier alpha value is -3.97. The number of amides is 1. The number of furan rings is 1. The number of hydrogen-bond donors (Lipinski definition) is 1. The molecule has 0 saturated carbocycles. The van der Waals surface area contributed by atoms with Crippen molar-refractivity contribution in [2.75, 3.05) is 25.1 Å². The van der Waals surface area contributed by atoms with Crippen molar-refractivity contribution in [1.29, 1.82) is 0 Å². The van der Waals surface area contributed by atoms with Crippen molar-refractivity contribution < 1.29 is 18.7 Å². The molecule has 4 aromatic rings. The first-order valence-electron chi connectivity index (χ1n) is 12.3. The predicted octanol–water partition coefficient (Wildman–Crippen LogP) is 5.33. The fourth-order valence-corrected chi connectivity index (χ4v) is 5.01. The maximum Gasteiger partial charge on any atom is 0.291 e. The number of aryl methyl sites for hydroxylation is 2. The van der Waals surface area contributed by atoms with E-state index in [0.29, 0.717) is 25.5 Å². The number of anilines is 1. The van der Waals surface area contributed by atoms with Crippen LogP contribution in [-0.4, -0.2) is 35.1 Å². The van der Waals surface area contributed by atoms with E-state index >= 15 is 0 Å². The van der Waals surface area contributed by atoms with E-state index < -0.39 is 0 Å². The van der Waals surface area contributed by atoms with Crippen molar-refractivity contribution >= 4 is 11.6 Å². The molecule has 184 valence electrons. The van der Waals surface area contributed by atoms with Gasteiger partial charge in [0.2, 0.25) is 0 Å². The second-order valence-corrected chi connectivity index (χ2v) is 9.42. The molecule has 2 aromatic carbocycles. The maximum absolute atomic E-state index is 12.8. The molecule has 6 rings (SSSR count). The van der Waals surface area contributed by atoms with Gasteiger partial charge in [0.25, 0.3) is 5.91 Å². The van der Waals surface area contributed by atoms with Gasteiger partial charge in [0.1, 0.15) is 19.0 Å². The third-order valence-electron chi connectivity index (χ3n) is 7.03. The summed E-state index contributed by atoms with van der Waals surface area (Å²) in [6.45, 7) is 7.54. The van der Waals surface area contributed by atoms with Gasteiger partial charge in [-0.25, -0.2) is 0 Å². The first-order valence-corrected chi connectivity index (χ1v) is 12.3. The number of nitrogens with zero attached hydrogens (tertiary/aromatic N) is 2. The number of ether oxygens (including phenoxy) is 2. The molecule has 0 aliphatic carbocycles. The lowest BCUT2D eigenvalue weighted by Crippen LogP contribution is -2.37. The predicted molar refractivity (Wildman–Crippen MR) is 137 cm³/mol. The second kappa shape index (κ2) is 9.24. The van der Waals surface area contributed by atoms with E-state index in [1.165, 1.54) is 11.3 Å². The molecule has 2 aliphatic heterocycles. The Bertz CT molecular complexity index is 1420. The molecular formula is C29H29N3O4. The van der Waals surface area contributed by atoms with Gasteiger partial charge >= 0.3 is 0 Å². The summed E-state index contributed by atoms with van der Waals surface area (Å²) in [6, 6.07) is 20.0. The Labute approximate surface area is 210 Å². The second-order valence-electron chi connectivity index (χ2n) is 9.42. The van der Waals surface area contributed by atoms with Crippen molar-refractivity contribution in [2.24, 2.45) is 0 Å².